The maximum Gasteiger partial charge on any atom is 0.0943 e. The Morgan fingerprint density at radius 3 is 2.12 bits per heavy atom. The lowest BCUT2D eigenvalue weighted by molar-refractivity contribution is 0.823. The molecule has 4 nitrogen and oxygen atoms in total. The van der Waals surface area contributed by atoms with E-state index in [1.165, 1.54) is 0 Å². The van der Waals surface area contributed by atoms with Gasteiger partial charge in [0.15, 0.2) is 0 Å². The summed E-state index contributed by atoms with van der Waals surface area (Å²) in [6.07, 6.45) is 5.39. The molecule has 8 heavy (non-hydrogen) atoms. The van der Waals surface area contributed by atoms with Crippen molar-refractivity contribution in [1.82, 2.24) is 9.55 Å². The van der Waals surface area contributed by atoms with Gasteiger partial charge < -0.3 is 15.5 Å². The Balaban J connectivity index is 0. The quantitative estimate of drug-likeness (QED) is 0.420. The predicted octanol–water partition coefficient (Wildman–Crippen LogP) is -1.23. The van der Waals surface area contributed by atoms with E-state index in [-0.39, 0.29) is 11.0 Å². The average molecular weight is 118 g/mol. The van der Waals surface area contributed by atoms with Crippen molar-refractivity contribution in [3.8, 4) is 0 Å². The molecule has 0 atom stereocenters. The number of rotatable bonds is 0. The van der Waals surface area contributed by atoms with Crippen LogP contribution in [0.5, 0.6) is 0 Å². The molecule has 1 aromatic rings. The third-order valence-corrected chi connectivity index (χ3v) is 0.637. The fourth-order valence-corrected chi connectivity index (χ4v) is 0.326. The van der Waals surface area contributed by atoms with Gasteiger partial charge in [0.25, 0.3) is 0 Å². The summed E-state index contributed by atoms with van der Waals surface area (Å²) < 4.78 is 1.89. The van der Waals surface area contributed by atoms with Crippen LogP contribution in [0.1, 0.15) is 0 Å². The Labute approximate surface area is 47.4 Å². The predicted molar refractivity (Wildman–Crippen MR) is 30.4 cm³/mol. The summed E-state index contributed by atoms with van der Waals surface area (Å²) >= 11 is 0. The Bertz CT molecular complexity index is 116. The van der Waals surface area contributed by atoms with Gasteiger partial charge in [-0.05, 0) is 0 Å². The molecule has 1 aromatic heterocycles. The fraction of sp³-hybridized carbons (Fsp3) is 0.250. The normalized spacial score (nSPS) is 6.62. The zero-order valence-electron chi connectivity index (χ0n) is 4.63. The van der Waals surface area contributed by atoms with Crippen molar-refractivity contribution in [2.75, 3.05) is 0 Å². The molecule has 1 rings (SSSR count). The molecule has 4 heteroatoms. The maximum absolute atomic E-state index is 3.78. The Hall–Kier alpha value is -0.870. The van der Waals surface area contributed by atoms with E-state index in [1.807, 2.05) is 17.8 Å². The van der Waals surface area contributed by atoms with E-state index in [1.54, 1.807) is 12.5 Å². The first-order valence-electron chi connectivity index (χ1n) is 1.81. The first kappa shape index (κ1) is 10.2. The summed E-state index contributed by atoms with van der Waals surface area (Å²) in [5.74, 6) is 0. The molecule has 0 radical (unpaired) electrons. The van der Waals surface area contributed by atoms with Crippen LogP contribution in [0.15, 0.2) is 18.7 Å². The van der Waals surface area contributed by atoms with E-state index >= 15 is 0 Å². The molecule has 0 spiro atoms. The molecule has 48 valence electrons. The number of hydrogen-bond acceptors (Lipinski definition) is 1. The Morgan fingerprint density at radius 2 is 2.00 bits per heavy atom. The molecule has 0 bridgehead atoms. The minimum atomic E-state index is 0. The average Bonchev–Trinajstić information content (AvgIpc) is 1.86. The van der Waals surface area contributed by atoms with Crippen LogP contribution in [0.3, 0.4) is 0 Å². The van der Waals surface area contributed by atoms with E-state index in [0.29, 0.717) is 0 Å². The largest absolute Gasteiger partial charge is 0.412 e. The number of hydrogen-bond donors (Lipinski definition) is 0. The summed E-state index contributed by atoms with van der Waals surface area (Å²) in [6, 6.07) is 0. The third kappa shape index (κ3) is 2.33. The molecule has 0 aliphatic rings. The van der Waals surface area contributed by atoms with Gasteiger partial charge in [0, 0.05) is 19.4 Å². The molecule has 0 amide bonds. The summed E-state index contributed by atoms with van der Waals surface area (Å²) in [5, 5.41) is 0. The van der Waals surface area contributed by atoms with Gasteiger partial charge in [0.05, 0.1) is 6.33 Å². The van der Waals surface area contributed by atoms with Crippen molar-refractivity contribution in [1.29, 1.82) is 0 Å². The van der Waals surface area contributed by atoms with Crippen LogP contribution in [0.4, 0.5) is 0 Å². The van der Waals surface area contributed by atoms with Crippen LogP contribution >= 0.6 is 0 Å². The Morgan fingerprint density at radius 1 is 1.38 bits per heavy atom. The van der Waals surface area contributed by atoms with Gasteiger partial charge in [-0.15, -0.1) is 0 Å². The molecule has 0 aliphatic heterocycles. The molecule has 0 unspecified atom stereocenters. The summed E-state index contributed by atoms with van der Waals surface area (Å²) in [7, 11) is 1.94. The van der Waals surface area contributed by atoms with Crippen molar-refractivity contribution >= 4 is 0 Å². The molecule has 0 saturated heterocycles. The van der Waals surface area contributed by atoms with E-state index in [4.69, 9.17) is 0 Å². The highest BCUT2D eigenvalue weighted by Crippen LogP contribution is 1.73. The molecular formula is C4H10N2O2. The van der Waals surface area contributed by atoms with Crippen LogP contribution in [-0.4, -0.2) is 20.5 Å². The summed E-state index contributed by atoms with van der Waals surface area (Å²) in [5.41, 5.74) is 0. The van der Waals surface area contributed by atoms with Crippen LogP contribution in [0.2, 0.25) is 0 Å². The van der Waals surface area contributed by atoms with Crippen molar-refractivity contribution in [3.63, 3.8) is 0 Å². The minimum absolute atomic E-state index is 0. The smallest absolute Gasteiger partial charge is 0.0943 e. The van der Waals surface area contributed by atoms with Crippen LogP contribution in [-0.2, 0) is 7.05 Å². The van der Waals surface area contributed by atoms with Crippen molar-refractivity contribution in [3.05, 3.63) is 18.7 Å². The van der Waals surface area contributed by atoms with Crippen LogP contribution < -0.4 is 0 Å². The molecule has 1 heterocycles. The number of imidazole rings is 1. The van der Waals surface area contributed by atoms with Gasteiger partial charge in [0.2, 0.25) is 0 Å². The molecule has 0 aliphatic carbocycles. The molecule has 0 saturated carbocycles. The second-order valence-electron chi connectivity index (χ2n) is 1.23. The highest BCUT2D eigenvalue weighted by Gasteiger charge is 1.69. The zero-order chi connectivity index (χ0) is 4.41. The molecule has 0 fully saturated rings. The zero-order valence-corrected chi connectivity index (χ0v) is 4.63. The fourth-order valence-electron chi connectivity index (χ4n) is 0.326. The molecular weight excluding hydrogens is 108 g/mol. The van der Waals surface area contributed by atoms with Crippen molar-refractivity contribution in [2.45, 2.75) is 0 Å². The van der Waals surface area contributed by atoms with Crippen LogP contribution in [0, 0.1) is 0 Å². The third-order valence-electron chi connectivity index (χ3n) is 0.637. The SMILES string of the molecule is Cn1ccnc1.O.O. The van der Waals surface area contributed by atoms with E-state index < -0.39 is 0 Å². The first-order chi connectivity index (χ1) is 2.89. The minimum Gasteiger partial charge on any atom is -0.412 e. The van der Waals surface area contributed by atoms with Crippen molar-refractivity contribution < 1.29 is 11.0 Å². The van der Waals surface area contributed by atoms with Crippen LogP contribution in [0.25, 0.3) is 0 Å². The highest BCUT2D eigenvalue weighted by molar-refractivity contribution is 4.70. The number of nitrogens with zero attached hydrogens (tertiary/aromatic N) is 2. The van der Waals surface area contributed by atoms with Gasteiger partial charge in [-0.2, -0.15) is 0 Å². The van der Waals surface area contributed by atoms with E-state index in [2.05, 4.69) is 4.98 Å². The van der Waals surface area contributed by atoms with Gasteiger partial charge in [0.1, 0.15) is 0 Å². The van der Waals surface area contributed by atoms with Gasteiger partial charge in [-0.3, -0.25) is 0 Å². The van der Waals surface area contributed by atoms with Gasteiger partial charge in [-0.1, -0.05) is 0 Å². The standard InChI is InChI=1S/C4H6N2.2H2O/c1-6-3-2-5-4-6;;/h2-4H,1H3;2*1H2. The lowest BCUT2D eigenvalue weighted by Crippen LogP contribution is -1.76. The maximum atomic E-state index is 3.78. The Kier molecular flexibility index (Phi) is 5.46. The molecule has 4 N–H and O–H groups in total. The second-order valence-corrected chi connectivity index (χ2v) is 1.23. The second kappa shape index (κ2) is 4.29. The topological polar surface area (TPSA) is 80.8 Å². The number of aryl methyl sites for hydroxylation is 1. The lowest BCUT2D eigenvalue weighted by atomic mass is 10.9. The molecule has 0 aromatic carbocycles. The van der Waals surface area contributed by atoms with Crippen molar-refractivity contribution in [2.24, 2.45) is 7.05 Å². The van der Waals surface area contributed by atoms with Gasteiger partial charge >= 0.3 is 0 Å². The van der Waals surface area contributed by atoms with Gasteiger partial charge in [-0.25, -0.2) is 4.98 Å². The lowest BCUT2D eigenvalue weighted by Gasteiger charge is -1.76. The first-order valence-corrected chi connectivity index (χ1v) is 1.81. The highest BCUT2D eigenvalue weighted by atomic mass is 16.0. The monoisotopic (exact) mass is 118 g/mol. The summed E-state index contributed by atoms with van der Waals surface area (Å²) in [4.78, 5) is 3.78. The van der Waals surface area contributed by atoms with E-state index in [0.717, 1.165) is 0 Å². The number of aromatic nitrogens is 2. The summed E-state index contributed by atoms with van der Waals surface area (Å²) in [6.45, 7) is 0. The van der Waals surface area contributed by atoms with E-state index in [9.17, 15) is 0 Å².